The minimum atomic E-state index is -0.469. The molecule has 0 N–H and O–H groups in total. The Morgan fingerprint density at radius 2 is 1.82 bits per heavy atom. The predicted molar refractivity (Wildman–Crippen MR) is 85.0 cm³/mol. The quantitative estimate of drug-likeness (QED) is 0.546. The zero-order valence-corrected chi connectivity index (χ0v) is 13.8. The third kappa shape index (κ3) is 5.48. The zero-order valence-electron chi connectivity index (χ0n) is 13.8. The number of carbonyl (C=O) groups excluding carboxylic acids is 2. The van der Waals surface area contributed by atoms with Crippen LogP contribution in [0, 0.1) is 0 Å². The van der Waals surface area contributed by atoms with Gasteiger partial charge in [-0.15, -0.1) is 0 Å². The van der Waals surface area contributed by atoms with Gasteiger partial charge >= 0.3 is 11.9 Å². The van der Waals surface area contributed by atoms with Gasteiger partial charge in [-0.25, -0.2) is 4.79 Å². The number of rotatable bonds is 8. The zero-order chi connectivity index (χ0) is 16.5. The van der Waals surface area contributed by atoms with Gasteiger partial charge in [0.15, 0.2) is 0 Å². The van der Waals surface area contributed by atoms with Gasteiger partial charge < -0.3 is 14.4 Å². The summed E-state index contributed by atoms with van der Waals surface area (Å²) in [7, 11) is 0. The number of hydrogen-bond donors (Lipinski definition) is 0. The smallest absolute Gasteiger partial charge is 0.341 e. The molecule has 22 heavy (non-hydrogen) atoms. The molecule has 0 aliphatic heterocycles. The molecule has 0 fully saturated rings. The summed E-state index contributed by atoms with van der Waals surface area (Å²) in [5.74, 6) is -0.698. The Morgan fingerprint density at radius 1 is 1.18 bits per heavy atom. The van der Waals surface area contributed by atoms with E-state index in [0.29, 0.717) is 12.6 Å². The van der Waals surface area contributed by atoms with Crippen LogP contribution in [0.2, 0.25) is 0 Å². The monoisotopic (exact) mass is 307 g/mol. The van der Waals surface area contributed by atoms with E-state index in [-0.39, 0.29) is 11.3 Å². The molecule has 1 atom stereocenters. The molecule has 5 nitrogen and oxygen atoms in total. The van der Waals surface area contributed by atoms with Gasteiger partial charge in [0, 0.05) is 13.0 Å². The highest BCUT2D eigenvalue weighted by Crippen LogP contribution is 2.19. The van der Waals surface area contributed by atoms with E-state index >= 15 is 0 Å². The topological polar surface area (TPSA) is 55.8 Å². The molecule has 0 aliphatic rings. The SMILES string of the molecule is CCN(CC)[C@H](C)CCOC(=O)c1ccccc1OC(C)=O. The summed E-state index contributed by atoms with van der Waals surface area (Å²) in [4.78, 5) is 25.5. The lowest BCUT2D eigenvalue weighted by atomic mass is 10.2. The largest absolute Gasteiger partial charge is 0.462 e. The van der Waals surface area contributed by atoms with E-state index in [2.05, 4.69) is 25.7 Å². The Hall–Kier alpha value is -1.88. The molecule has 5 heteroatoms. The summed E-state index contributed by atoms with van der Waals surface area (Å²) in [6.07, 6.45) is 0.767. The second-order valence-electron chi connectivity index (χ2n) is 5.08. The molecule has 1 aromatic rings. The van der Waals surface area contributed by atoms with Crippen LogP contribution in [0.4, 0.5) is 0 Å². The molecule has 0 unspecified atom stereocenters. The summed E-state index contributed by atoms with van der Waals surface area (Å²) in [5.41, 5.74) is 0.271. The lowest BCUT2D eigenvalue weighted by Gasteiger charge is -2.26. The van der Waals surface area contributed by atoms with Crippen molar-refractivity contribution < 1.29 is 19.1 Å². The van der Waals surface area contributed by atoms with E-state index in [9.17, 15) is 9.59 Å². The first kappa shape index (κ1) is 18.2. The number of benzene rings is 1. The molecular formula is C17H25NO4. The molecule has 1 rings (SSSR count). The molecule has 1 aromatic carbocycles. The Labute approximate surface area is 132 Å². The van der Waals surface area contributed by atoms with Crippen molar-refractivity contribution in [2.45, 2.75) is 40.2 Å². The maximum absolute atomic E-state index is 12.1. The summed E-state index contributed by atoms with van der Waals surface area (Å²) < 4.78 is 10.3. The van der Waals surface area contributed by atoms with Crippen molar-refractivity contribution in [3.63, 3.8) is 0 Å². The lowest BCUT2D eigenvalue weighted by molar-refractivity contribution is -0.131. The second kappa shape index (κ2) is 9.20. The summed E-state index contributed by atoms with van der Waals surface area (Å²) in [6.45, 7) is 9.93. The molecule has 0 bridgehead atoms. The van der Waals surface area contributed by atoms with Gasteiger partial charge in [-0.3, -0.25) is 4.79 Å². The highest BCUT2D eigenvalue weighted by Gasteiger charge is 2.16. The van der Waals surface area contributed by atoms with Crippen LogP contribution in [-0.4, -0.2) is 42.6 Å². The van der Waals surface area contributed by atoms with Crippen LogP contribution in [0.1, 0.15) is 44.5 Å². The number of esters is 2. The van der Waals surface area contributed by atoms with Crippen molar-refractivity contribution in [3.05, 3.63) is 29.8 Å². The van der Waals surface area contributed by atoms with Crippen LogP contribution in [0.25, 0.3) is 0 Å². The Kier molecular flexibility index (Phi) is 7.60. The van der Waals surface area contributed by atoms with Gasteiger partial charge in [0.2, 0.25) is 0 Å². The van der Waals surface area contributed by atoms with Crippen molar-refractivity contribution in [1.82, 2.24) is 4.90 Å². The van der Waals surface area contributed by atoms with Gasteiger partial charge in [0.1, 0.15) is 11.3 Å². The maximum Gasteiger partial charge on any atom is 0.341 e. The summed E-state index contributed by atoms with van der Waals surface area (Å²) in [5, 5.41) is 0. The van der Waals surface area contributed by atoms with Crippen LogP contribution < -0.4 is 4.74 Å². The van der Waals surface area contributed by atoms with Crippen LogP contribution >= 0.6 is 0 Å². The Balaban J connectivity index is 2.57. The number of nitrogens with zero attached hydrogens (tertiary/aromatic N) is 1. The number of hydrogen-bond acceptors (Lipinski definition) is 5. The minimum Gasteiger partial charge on any atom is -0.462 e. The first-order valence-electron chi connectivity index (χ1n) is 7.68. The molecule has 0 heterocycles. The van der Waals surface area contributed by atoms with Crippen molar-refractivity contribution in [3.8, 4) is 5.75 Å². The molecule has 0 radical (unpaired) electrons. The van der Waals surface area contributed by atoms with Gasteiger partial charge in [0.05, 0.1) is 6.61 Å². The predicted octanol–water partition coefficient (Wildman–Crippen LogP) is 2.89. The lowest BCUT2D eigenvalue weighted by Crippen LogP contribution is -2.33. The van der Waals surface area contributed by atoms with Crippen molar-refractivity contribution >= 4 is 11.9 Å². The molecular weight excluding hydrogens is 282 g/mol. The van der Waals surface area contributed by atoms with Gasteiger partial charge in [-0.1, -0.05) is 26.0 Å². The minimum absolute atomic E-state index is 0.233. The van der Waals surface area contributed by atoms with E-state index in [1.165, 1.54) is 6.92 Å². The molecule has 0 aromatic heterocycles. The average Bonchev–Trinajstić information content (AvgIpc) is 2.48. The summed E-state index contributed by atoms with van der Waals surface area (Å²) >= 11 is 0. The highest BCUT2D eigenvalue weighted by atomic mass is 16.5. The molecule has 0 saturated carbocycles. The van der Waals surface area contributed by atoms with Crippen molar-refractivity contribution in [2.24, 2.45) is 0 Å². The fraction of sp³-hybridized carbons (Fsp3) is 0.529. The van der Waals surface area contributed by atoms with E-state index in [0.717, 1.165) is 19.5 Å². The fourth-order valence-corrected chi connectivity index (χ4v) is 2.31. The average molecular weight is 307 g/mol. The first-order valence-corrected chi connectivity index (χ1v) is 7.68. The van der Waals surface area contributed by atoms with E-state index in [1.807, 2.05) is 0 Å². The van der Waals surface area contributed by atoms with Gasteiger partial charge in [0.25, 0.3) is 0 Å². The Bertz CT molecular complexity index is 497. The van der Waals surface area contributed by atoms with Crippen LogP contribution in [0.15, 0.2) is 24.3 Å². The van der Waals surface area contributed by atoms with E-state index in [4.69, 9.17) is 9.47 Å². The third-order valence-electron chi connectivity index (χ3n) is 3.57. The van der Waals surface area contributed by atoms with Gasteiger partial charge in [-0.05, 0) is 38.6 Å². The van der Waals surface area contributed by atoms with Crippen LogP contribution in [0.5, 0.6) is 5.75 Å². The molecule has 0 spiro atoms. The molecule has 122 valence electrons. The standard InChI is InChI=1S/C17H25NO4/c1-5-18(6-2)13(3)11-12-21-17(20)15-9-7-8-10-16(15)22-14(4)19/h7-10,13H,5-6,11-12H2,1-4H3/t13-/m1/s1. The molecule has 0 aliphatic carbocycles. The summed E-state index contributed by atoms with van der Waals surface area (Å²) in [6, 6.07) is 6.94. The first-order chi connectivity index (χ1) is 10.5. The second-order valence-corrected chi connectivity index (χ2v) is 5.08. The van der Waals surface area contributed by atoms with Crippen LogP contribution in [0.3, 0.4) is 0 Å². The normalized spacial score (nSPS) is 12.0. The molecule has 0 saturated heterocycles. The highest BCUT2D eigenvalue weighted by molar-refractivity contribution is 5.93. The van der Waals surface area contributed by atoms with Crippen LogP contribution in [-0.2, 0) is 9.53 Å². The van der Waals surface area contributed by atoms with E-state index in [1.54, 1.807) is 24.3 Å². The van der Waals surface area contributed by atoms with Crippen molar-refractivity contribution in [2.75, 3.05) is 19.7 Å². The number of carbonyl (C=O) groups is 2. The maximum atomic E-state index is 12.1. The number of ether oxygens (including phenoxy) is 2. The third-order valence-corrected chi connectivity index (χ3v) is 3.57. The fourth-order valence-electron chi connectivity index (χ4n) is 2.31. The van der Waals surface area contributed by atoms with Crippen molar-refractivity contribution in [1.29, 1.82) is 0 Å². The van der Waals surface area contributed by atoms with E-state index < -0.39 is 11.9 Å². The van der Waals surface area contributed by atoms with Gasteiger partial charge in [-0.2, -0.15) is 0 Å². The molecule has 0 amide bonds. The Morgan fingerprint density at radius 3 is 2.41 bits per heavy atom. The number of para-hydroxylation sites is 1.